The monoisotopic (exact) mass is 427 g/mol. The lowest BCUT2D eigenvalue weighted by Crippen LogP contribution is -2.15. The summed E-state index contributed by atoms with van der Waals surface area (Å²) in [6.45, 7) is 0. The van der Waals surface area contributed by atoms with Crippen molar-refractivity contribution >= 4 is 47.3 Å². The average Bonchev–Trinajstić information content (AvgIpc) is 2.52. The van der Waals surface area contributed by atoms with Crippen LogP contribution in [-0.2, 0) is 14.4 Å². The Hall–Kier alpha value is -1.97. The van der Waals surface area contributed by atoms with Gasteiger partial charge in [-0.2, -0.15) is 4.28 Å². The first-order valence-electron chi connectivity index (χ1n) is 6.94. The van der Waals surface area contributed by atoms with Gasteiger partial charge in [0.1, 0.15) is 22.3 Å². The molecular formula is C11H13N3O9S3. The van der Waals surface area contributed by atoms with Gasteiger partial charge < -0.3 is 4.55 Å². The summed E-state index contributed by atoms with van der Waals surface area (Å²) in [7, 11) is -5.99. The van der Waals surface area contributed by atoms with Crippen molar-refractivity contribution in [2.24, 2.45) is 0 Å². The minimum atomic E-state index is -5.53. The molecule has 12 nitrogen and oxygen atoms in total. The lowest BCUT2D eigenvalue weighted by Gasteiger charge is -2.30. The normalized spacial score (nSPS) is 22.8. The highest BCUT2D eigenvalue weighted by molar-refractivity contribution is 8.92. The predicted molar refractivity (Wildman–Crippen MR) is 92.2 cm³/mol. The van der Waals surface area contributed by atoms with Gasteiger partial charge in [0.2, 0.25) is 4.90 Å². The van der Waals surface area contributed by atoms with E-state index in [1.165, 1.54) is 10.8 Å². The summed E-state index contributed by atoms with van der Waals surface area (Å²) in [6, 6.07) is 0.947. The van der Waals surface area contributed by atoms with Crippen LogP contribution in [0.2, 0.25) is 0 Å². The van der Waals surface area contributed by atoms with Crippen LogP contribution in [0, 0.1) is 25.1 Å². The van der Waals surface area contributed by atoms with Gasteiger partial charge in [-0.3, -0.25) is 20.2 Å². The molecular weight excluding hydrogens is 414 g/mol. The van der Waals surface area contributed by atoms with E-state index in [0.717, 1.165) is 18.6 Å². The van der Waals surface area contributed by atoms with Crippen LogP contribution in [0.3, 0.4) is 0 Å². The smallest absolute Gasteiger partial charge is 0.331 e. The molecule has 0 amide bonds. The van der Waals surface area contributed by atoms with Gasteiger partial charge in [0.05, 0.1) is 14.8 Å². The Morgan fingerprint density at radius 1 is 1.12 bits per heavy atom. The van der Waals surface area contributed by atoms with E-state index in [2.05, 4.69) is 0 Å². The standard InChI is InChI=1S/C11H13N3O9S3/c1-25(5-3-2-4-24-25)23-14(19)8-6-9(12(15)16)11(26(20,21)22)10(7-8)13(17)18/h6-7H,2-5H2,1H3. The highest BCUT2D eigenvalue weighted by Gasteiger charge is 2.39. The SMILES string of the molecule is CS1(O[N+](=O)c2cc([N+](=O)[O-])c(S(=O)(=O)[O-])c([N+](=O)[O-])c2)CCCCS1. The molecule has 0 spiro atoms. The molecule has 1 saturated heterocycles. The van der Waals surface area contributed by atoms with Gasteiger partial charge >= 0.3 is 17.1 Å². The third-order valence-electron chi connectivity index (χ3n) is 3.36. The molecule has 144 valence electrons. The van der Waals surface area contributed by atoms with Gasteiger partial charge in [-0.1, -0.05) is 10.8 Å². The first kappa shape index (κ1) is 20.3. The fourth-order valence-corrected chi connectivity index (χ4v) is 7.43. The molecule has 0 aromatic heterocycles. The van der Waals surface area contributed by atoms with Crippen molar-refractivity contribution in [2.45, 2.75) is 17.7 Å². The van der Waals surface area contributed by atoms with Crippen LogP contribution in [-0.4, -0.2) is 45.5 Å². The zero-order chi connectivity index (χ0) is 19.7. The van der Waals surface area contributed by atoms with Crippen LogP contribution in [0.15, 0.2) is 17.0 Å². The third-order valence-corrected chi connectivity index (χ3v) is 9.39. The molecule has 0 saturated carbocycles. The van der Waals surface area contributed by atoms with Gasteiger partial charge in [-0.15, -0.1) is 0 Å². The molecule has 1 atom stereocenters. The molecule has 0 N–H and O–H groups in total. The topological polar surface area (TPSA) is 173 Å². The van der Waals surface area contributed by atoms with Crippen molar-refractivity contribution in [3.05, 3.63) is 37.3 Å². The Balaban J connectivity index is 2.55. The summed E-state index contributed by atoms with van der Waals surface area (Å²) in [5.41, 5.74) is -3.36. The highest BCUT2D eigenvalue weighted by Crippen LogP contribution is 2.61. The molecule has 15 heteroatoms. The maximum absolute atomic E-state index is 12.3. The van der Waals surface area contributed by atoms with Crippen LogP contribution in [0.4, 0.5) is 17.1 Å². The molecule has 1 aromatic rings. The second-order valence-corrected chi connectivity index (χ2v) is 12.5. The molecule has 0 bridgehead atoms. The maximum Gasteiger partial charge on any atom is 0.331 e. The Morgan fingerprint density at radius 3 is 2.04 bits per heavy atom. The van der Waals surface area contributed by atoms with Crippen molar-refractivity contribution in [3.63, 3.8) is 0 Å². The largest absolute Gasteiger partial charge is 0.744 e. The summed E-state index contributed by atoms with van der Waals surface area (Å²) in [6.07, 6.45) is 3.48. The Labute approximate surface area is 152 Å². The van der Waals surface area contributed by atoms with E-state index >= 15 is 0 Å². The highest BCUT2D eigenvalue weighted by atomic mass is 33.2. The number of rotatable bonds is 6. The molecule has 1 aromatic carbocycles. The lowest BCUT2D eigenvalue weighted by molar-refractivity contribution is -0.695. The molecule has 1 heterocycles. The number of nitrogens with zero attached hydrogens (tertiary/aromatic N) is 3. The van der Waals surface area contributed by atoms with E-state index in [0.29, 0.717) is 17.9 Å². The van der Waals surface area contributed by atoms with Crippen LogP contribution in [0.5, 0.6) is 0 Å². The zero-order valence-corrected chi connectivity index (χ0v) is 15.7. The van der Waals surface area contributed by atoms with Crippen molar-refractivity contribution in [2.75, 3.05) is 17.8 Å². The number of hydrogen-bond donors (Lipinski definition) is 0. The van der Waals surface area contributed by atoms with E-state index < -0.39 is 51.3 Å². The van der Waals surface area contributed by atoms with E-state index in [1.807, 2.05) is 0 Å². The Kier molecular flexibility index (Phi) is 5.74. The average molecular weight is 427 g/mol. The van der Waals surface area contributed by atoms with Crippen LogP contribution < -0.4 is 0 Å². The second-order valence-electron chi connectivity index (χ2n) is 5.27. The molecule has 1 unspecified atom stereocenters. The molecule has 26 heavy (non-hydrogen) atoms. The summed E-state index contributed by atoms with van der Waals surface area (Å²) < 4.78 is 39.0. The summed E-state index contributed by atoms with van der Waals surface area (Å²) in [4.78, 5) is 30.2. The third kappa shape index (κ3) is 4.40. The van der Waals surface area contributed by atoms with E-state index in [1.54, 1.807) is 6.26 Å². The minimum absolute atomic E-state index is 0.102. The number of benzene rings is 1. The molecule has 2 rings (SSSR count). The lowest BCUT2D eigenvalue weighted by atomic mass is 10.2. The van der Waals surface area contributed by atoms with Crippen molar-refractivity contribution in [1.82, 2.24) is 0 Å². The first-order chi connectivity index (χ1) is 11.9. The van der Waals surface area contributed by atoms with Crippen LogP contribution in [0.25, 0.3) is 0 Å². The minimum Gasteiger partial charge on any atom is -0.744 e. The molecule has 1 fully saturated rings. The first-order valence-corrected chi connectivity index (χ1v) is 12.0. The van der Waals surface area contributed by atoms with E-state index in [4.69, 9.17) is 4.28 Å². The zero-order valence-electron chi connectivity index (χ0n) is 13.2. The number of nitro groups is 2. The van der Waals surface area contributed by atoms with E-state index in [-0.39, 0.29) is 4.92 Å². The molecule has 0 radical (unpaired) electrons. The van der Waals surface area contributed by atoms with E-state index in [9.17, 15) is 38.1 Å². The fraction of sp³-hybridized carbons (Fsp3) is 0.455. The van der Waals surface area contributed by atoms with Crippen LogP contribution >= 0.6 is 20.1 Å². The van der Waals surface area contributed by atoms with Gasteiger partial charge in [-0.25, -0.2) is 8.42 Å². The maximum atomic E-state index is 12.3. The molecule has 1 aliphatic heterocycles. The fourth-order valence-electron chi connectivity index (χ4n) is 2.22. The summed E-state index contributed by atoms with van der Waals surface area (Å²) >= 11 is 0. The molecule has 0 aliphatic carbocycles. The van der Waals surface area contributed by atoms with Gasteiger partial charge in [0.15, 0.2) is 0 Å². The van der Waals surface area contributed by atoms with Gasteiger partial charge in [-0.05, 0) is 12.8 Å². The van der Waals surface area contributed by atoms with Crippen molar-refractivity contribution < 1.29 is 32.0 Å². The summed E-state index contributed by atoms with van der Waals surface area (Å²) in [5, 5.41) is 22.2. The Morgan fingerprint density at radius 2 is 1.65 bits per heavy atom. The van der Waals surface area contributed by atoms with Crippen LogP contribution in [0.1, 0.15) is 12.8 Å². The number of nitro benzene ring substituents is 2. The van der Waals surface area contributed by atoms with Gasteiger partial charge in [0, 0.05) is 27.1 Å². The quantitative estimate of drug-likeness (QED) is 0.284. The van der Waals surface area contributed by atoms with Crippen molar-refractivity contribution in [3.8, 4) is 0 Å². The summed E-state index contributed by atoms with van der Waals surface area (Å²) in [5.74, 6) is 1.35. The Bertz CT molecular complexity index is 845. The predicted octanol–water partition coefficient (Wildman–Crippen LogP) is 2.54. The number of hydrogen-bond acceptors (Lipinski definition) is 10. The van der Waals surface area contributed by atoms with Crippen molar-refractivity contribution in [1.29, 1.82) is 0 Å². The van der Waals surface area contributed by atoms with Gasteiger partial charge in [0.25, 0.3) is 4.92 Å². The molecule has 1 aliphatic rings. The second kappa shape index (κ2) is 7.34.